The van der Waals surface area contributed by atoms with E-state index in [1.807, 2.05) is 48.5 Å². The van der Waals surface area contributed by atoms with Gasteiger partial charge in [-0.3, -0.25) is 4.79 Å². The number of carboxylic acids is 1. The van der Waals surface area contributed by atoms with Crippen LogP contribution in [0.15, 0.2) is 54.6 Å². The summed E-state index contributed by atoms with van der Waals surface area (Å²) in [5.74, 6) is -0.284. The van der Waals surface area contributed by atoms with Crippen LogP contribution in [0.3, 0.4) is 0 Å². The first-order valence-electron chi connectivity index (χ1n) is 7.13. The molecule has 3 rings (SSSR count). The van der Waals surface area contributed by atoms with Crippen LogP contribution < -0.4 is 4.90 Å². The Kier molecular flexibility index (Phi) is 4.17. The first kappa shape index (κ1) is 15.3. The van der Waals surface area contributed by atoms with Crippen molar-refractivity contribution in [3.63, 3.8) is 0 Å². The Labute approximate surface area is 139 Å². The Morgan fingerprint density at radius 1 is 1.17 bits per heavy atom. The molecular formula is C18H15ClN2O2. The normalized spacial score (nSPS) is 10.7. The second kappa shape index (κ2) is 6.26. The van der Waals surface area contributed by atoms with Gasteiger partial charge in [0.2, 0.25) is 0 Å². The van der Waals surface area contributed by atoms with Gasteiger partial charge in [-0.15, -0.1) is 0 Å². The molecule has 2 aromatic carbocycles. The number of aliphatic carboxylic acids is 1. The number of rotatable bonds is 4. The van der Waals surface area contributed by atoms with Crippen LogP contribution in [0.2, 0.25) is 5.02 Å². The summed E-state index contributed by atoms with van der Waals surface area (Å²) < 4.78 is 0. The zero-order valence-corrected chi connectivity index (χ0v) is 13.3. The molecule has 23 heavy (non-hydrogen) atoms. The number of halogens is 1. The second-order valence-electron chi connectivity index (χ2n) is 5.31. The van der Waals surface area contributed by atoms with E-state index in [2.05, 4.69) is 4.98 Å². The van der Waals surface area contributed by atoms with Crippen molar-refractivity contribution in [1.29, 1.82) is 0 Å². The highest BCUT2D eigenvalue weighted by Crippen LogP contribution is 2.32. The maximum atomic E-state index is 11.0. The average Bonchev–Trinajstić information content (AvgIpc) is 2.54. The van der Waals surface area contributed by atoms with E-state index in [1.165, 1.54) is 0 Å². The topological polar surface area (TPSA) is 53.4 Å². The fourth-order valence-corrected chi connectivity index (χ4v) is 2.69. The van der Waals surface area contributed by atoms with E-state index >= 15 is 0 Å². The molecule has 4 nitrogen and oxygen atoms in total. The summed E-state index contributed by atoms with van der Waals surface area (Å²) in [5.41, 5.74) is 2.79. The lowest BCUT2D eigenvalue weighted by atomic mass is 10.0. The van der Waals surface area contributed by atoms with Gasteiger partial charge in [0.1, 0.15) is 12.4 Å². The highest BCUT2D eigenvalue weighted by atomic mass is 35.5. The van der Waals surface area contributed by atoms with Crippen molar-refractivity contribution in [2.24, 2.45) is 0 Å². The Morgan fingerprint density at radius 2 is 1.91 bits per heavy atom. The third-order valence-corrected chi connectivity index (χ3v) is 3.84. The van der Waals surface area contributed by atoms with E-state index < -0.39 is 5.97 Å². The molecule has 0 spiro atoms. The molecule has 1 N–H and O–H groups in total. The molecule has 0 aliphatic rings. The first-order valence-corrected chi connectivity index (χ1v) is 7.51. The van der Waals surface area contributed by atoms with Gasteiger partial charge in [0, 0.05) is 17.5 Å². The Bertz CT molecular complexity index is 866. The lowest BCUT2D eigenvalue weighted by Crippen LogP contribution is -2.25. The SMILES string of the molecule is CN(CC(=O)O)c1cc(-c2ccccc2)c2cc(Cl)ccc2n1. The van der Waals surface area contributed by atoms with Gasteiger partial charge in [-0.1, -0.05) is 41.9 Å². The minimum atomic E-state index is -0.897. The van der Waals surface area contributed by atoms with E-state index in [-0.39, 0.29) is 6.54 Å². The fourth-order valence-electron chi connectivity index (χ4n) is 2.52. The molecule has 0 atom stereocenters. The zero-order chi connectivity index (χ0) is 16.4. The van der Waals surface area contributed by atoms with Gasteiger partial charge in [-0.25, -0.2) is 4.98 Å². The summed E-state index contributed by atoms with van der Waals surface area (Å²) in [5, 5.41) is 10.6. The Hall–Kier alpha value is -2.59. The molecule has 1 heterocycles. The predicted molar refractivity (Wildman–Crippen MR) is 93.1 cm³/mol. The molecule has 0 radical (unpaired) electrons. The van der Waals surface area contributed by atoms with Crippen molar-refractivity contribution in [2.45, 2.75) is 0 Å². The number of carboxylic acid groups (broad SMARTS) is 1. The van der Waals surface area contributed by atoms with Gasteiger partial charge in [0.25, 0.3) is 0 Å². The minimum Gasteiger partial charge on any atom is -0.480 e. The van der Waals surface area contributed by atoms with Crippen molar-refractivity contribution < 1.29 is 9.90 Å². The highest BCUT2D eigenvalue weighted by molar-refractivity contribution is 6.31. The third-order valence-electron chi connectivity index (χ3n) is 3.61. The second-order valence-corrected chi connectivity index (χ2v) is 5.74. The van der Waals surface area contributed by atoms with Crippen molar-refractivity contribution in [2.75, 3.05) is 18.5 Å². The molecule has 0 saturated carbocycles. The number of carbonyl (C=O) groups is 1. The molecule has 0 unspecified atom stereocenters. The average molecular weight is 327 g/mol. The number of nitrogens with zero attached hydrogens (tertiary/aromatic N) is 2. The van der Waals surface area contributed by atoms with Crippen molar-refractivity contribution in [1.82, 2.24) is 4.98 Å². The number of hydrogen-bond donors (Lipinski definition) is 1. The Balaban J connectivity index is 2.22. The molecule has 5 heteroatoms. The number of likely N-dealkylation sites (N-methyl/N-ethyl adjacent to an activating group) is 1. The number of pyridine rings is 1. The standard InChI is InChI=1S/C18H15ClN2O2/c1-21(11-18(22)23)17-10-14(12-5-3-2-4-6-12)15-9-13(19)7-8-16(15)20-17/h2-10H,11H2,1H3,(H,22,23). The van der Waals surface area contributed by atoms with E-state index in [4.69, 9.17) is 16.7 Å². The quantitative estimate of drug-likeness (QED) is 0.785. The number of anilines is 1. The van der Waals surface area contributed by atoms with Gasteiger partial charge in [-0.05, 0) is 35.4 Å². The molecule has 0 aliphatic carbocycles. The van der Waals surface area contributed by atoms with Gasteiger partial charge in [0.05, 0.1) is 5.52 Å². The van der Waals surface area contributed by atoms with Crippen molar-refractivity contribution in [3.05, 3.63) is 59.6 Å². The van der Waals surface area contributed by atoms with Crippen LogP contribution in [-0.4, -0.2) is 29.7 Å². The van der Waals surface area contributed by atoms with E-state index in [0.717, 1.165) is 22.0 Å². The van der Waals surface area contributed by atoms with Crippen LogP contribution in [0.5, 0.6) is 0 Å². The van der Waals surface area contributed by atoms with Crippen LogP contribution >= 0.6 is 11.6 Å². The van der Waals surface area contributed by atoms with Crippen LogP contribution in [0.1, 0.15) is 0 Å². The van der Waals surface area contributed by atoms with E-state index in [9.17, 15) is 4.79 Å². The van der Waals surface area contributed by atoms with Gasteiger partial charge >= 0.3 is 5.97 Å². The molecule has 0 amide bonds. The van der Waals surface area contributed by atoms with Crippen LogP contribution in [0.4, 0.5) is 5.82 Å². The van der Waals surface area contributed by atoms with Crippen LogP contribution in [0, 0.1) is 0 Å². The van der Waals surface area contributed by atoms with Crippen molar-refractivity contribution >= 4 is 34.3 Å². The molecule has 1 aromatic heterocycles. The van der Waals surface area contributed by atoms with Crippen LogP contribution in [0.25, 0.3) is 22.0 Å². The Morgan fingerprint density at radius 3 is 2.61 bits per heavy atom. The van der Waals surface area contributed by atoms with E-state index in [0.29, 0.717) is 10.8 Å². The molecular weight excluding hydrogens is 312 g/mol. The third kappa shape index (κ3) is 3.27. The monoisotopic (exact) mass is 326 g/mol. The molecule has 116 valence electrons. The fraction of sp³-hybridized carbons (Fsp3) is 0.111. The number of hydrogen-bond acceptors (Lipinski definition) is 3. The van der Waals surface area contributed by atoms with Gasteiger partial charge in [0.15, 0.2) is 0 Å². The first-order chi connectivity index (χ1) is 11.0. The largest absolute Gasteiger partial charge is 0.480 e. The molecule has 0 fully saturated rings. The van der Waals surface area contributed by atoms with E-state index in [1.54, 1.807) is 18.0 Å². The lowest BCUT2D eigenvalue weighted by Gasteiger charge is -2.18. The molecule has 0 saturated heterocycles. The number of fused-ring (bicyclic) bond motifs is 1. The maximum Gasteiger partial charge on any atom is 0.323 e. The summed E-state index contributed by atoms with van der Waals surface area (Å²) in [6, 6.07) is 17.3. The lowest BCUT2D eigenvalue weighted by molar-refractivity contribution is -0.135. The number of aromatic nitrogens is 1. The predicted octanol–water partition coefficient (Wildman–Crippen LogP) is 4.08. The van der Waals surface area contributed by atoms with Crippen LogP contribution in [-0.2, 0) is 4.79 Å². The maximum absolute atomic E-state index is 11.0. The summed E-state index contributed by atoms with van der Waals surface area (Å²) in [6.07, 6.45) is 0. The summed E-state index contributed by atoms with van der Waals surface area (Å²) in [7, 11) is 1.72. The zero-order valence-electron chi connectivity index (χ0n) is 12.5. The number of benzene rings is 2. The van der Waals surface area contributed by atoms with Crippen molar-refractivity contribution in [3.8, 4) is 11.1 Å². The van der Waals surface area contributed by atoms with Gasteiger partial charge in [-0.2, -0.15) is 0 Å². The smallest absolute Gasteiger partial charge is 0.323 e. The summed E-state index contributed by atoms with van der Waals surface area (Å²) >= 11 is 6.13. The summed E-state index contributed by atoms with van der Waals surface area (Å²) in [6.45, 7) is -0.111. The highest BCUT2D eigenvalue weighted by Gasteiger charge is 2.13. The summed E-state index contributed by atoms with van der Waals surface area (Å²) in [4.78, 5) is 17.1. The molecule has 0 aliphatic heterocycles. The minimum absolute atomic E-state index is 0.111. The van der Waals surface area contributed by atoms with Gasteiger partial charge < -0.3 is 10.0 Å². The molecule has 3 aromatic rings. The molecule has 0 bridgehead atoms.